The smallest absolute Gasteiger partial charge is 0.462 e. The van der Waals surface area contributed by atoms with Crippen LogP contribution in [0.4, 0.5) is 0 Å². The summed E-state index contributed by atoms with van der Waals surface area (Å²) in [4.78, 5) is 47.1. The molecule has 2 atom stereocenters. The van der Waals surface area contributed by atoms with Crippen LogP contribution in [-0.4, -0.2) is 80.7 Å². The van der Waals surface area contributed by atoms with Crippen molar-refractivity contribution in [3.05, 3.63) is 48.6 Å². The van der Waals surface area contributed by atoms with Crippen molar-refractivity contribution in [3.63, 3.8) is 0 Å². The van der Waals surface area contributed by atoms with E-state index < -0.39 is 32.5 Å². The number of carbonyl (C=O) groups excluding carboxylic acids is 3. The number of quaternary nitrogens is 1. The highest BCUT2D eigenvalue weighted by molar-refractivity contribution is 7.47. The molecule has 10 nitrogen and oxygen atoms in total. The third-order valence-corrected chi connectivity index (χ3v) is 10.3. The van der Waals surface area contributed by atoms with E-state index in [-0.39, 0.29) is 31.8 Å². The highest BCUT2D eigenvalue weighted by Crippen LogP contribution is 2.43. The van der Waals surface area contributed by atoms with Gasteiger partial charge >= 0.3 is 19.8 Å². The molecular formula is C46H83NO9P+. The van der Waals surface area contributed by atoms with E-state index in [0.29, 0.717) is 30.3 Å². The van der Waals surface area contributed by atoms with Crippen LogP contribution in [0.5, 0.6) is 0 Å². The number of hydrogen-bond donors (Lipinski definition) is 1. The monoisotopic (exact) mass is 825 g/mol. The van der Waals surface area contributed by atoms with E-state index in [1.54, 1.807) is 12.2 Å². The second-order valence-corrected chi connectivity index (χ2v) is 17.6. The maximum atomic E-state index is 12.7. The highest BCUT2D eigenvalue weighted by atomic mass is 31.2. The molecule has 57 heavy (non-hydrogen) atoms. The predicted molar refractivity (Wildman–Crippen MR) is 234 cm³/mol. The molecule has 1 unspecified atom stereocenters. The van der Waals surface area contributed by atoms with Crippen LogP contribution >= 0.6 is 7.82 Å². The second-order valence-electron chi connectivity index (χ2n) is 16.1. The molecule has 0 fully saturated rings. The first-order valence-electron chi connectivity index (χ1n) is 22.3. The Balaban J connectivity index is 4.49. The van der Waals surface area contributed by atoms with Gasteiger partial charge in [-0.3, -0.25) is 23.4 Å². The van der Waals surface area contributed by atoms with Crippen molar-refractivity contribution in [1.82, 2.24) is 0 Å². The summed E-state index contributed by atoms with van der Waals surface area (Å²) in [6.07, 6.45) is 40.0. The van der Waals surface area contributed by atoms with Gasteiger partial charge in [-0.1, -0.05) is 159 Å². The Morgan fingerprint density at radius 2 is 1.11 bits per heavy atom. The summed E-state index contributed by atoms with van der Waals surface area (Å²) in [6, 6.07) is 0. The molecule has 0 bridgehead atoms. The fraction of sp³-hybridized carbons (Fsp3) is 0.761. The van der Waals surface area contributed by atoms with Crippen molar-refractivity contribution >= 4 is 25.5 Å². The summed E-state index contributed by atoms with van der Waals surface area (Å²) in [5.74, 6) is -0.728. The molecule has 0 aliphatic heterocycles. The number of nitrogens with zero attached hydrogens (tertiary/aromatic N) is 1. The Bertz CT molecular complexity index is 1170. The van der Waals surface area contributed by atoms with Gasteiger partial charge in [-0.05, 0) is 44.6 Å². The van der Waals surface area contributed by atoms with Gasteiger partial charge in [0.05, 0.1) is 27.7 Å². The summed E-state index contributed by atoms with van der Waals surface area (Å²) >= 11 is 0. The van der Waals surface area contributed by atoms with Crippen LogP contribution in [0.15, 0.2) is 48.6 Å². The first-order chi connectivity index (χ1) is 27.4. The molecule has 0 aliphatic carbocycles. The summed E-state index contributed by atoms with van der Waals surface area (Å²) in [5, 5.41) is 0. The lowest BCUT2D eigenvalue weighted by Gasteiger charge is -2.24. The number of phosphoric acid groups is 1. The number of unbranched alkanes of at least 4 members (excludes halogenated alkanes) is 17. The van der Waals surface area contributed by atoms with E-state index in [0.717, 1.165) is 51.4 Å². The maximum absolute atomic E-state index is 12.7. The minimum absolute atomic E-state index is 0.0103. The molecule has 0 aromatic carbocycles. The Morgan fingerprint density at radius 3 is 1.70 bits per heavy atom. The van der Waals surface area contributed by atoms with Gasteiger partial charge in [-0.2, -0.15) is 0 Å². The van der Waals surface area contributed by atoms with Crippen molar-refractivity contribution in [2.75, 3.05) is 47.5 Å². The number of likely N-dealkylation sites (N-methyl/N-ethyl adjacent to an activating group) is 1. The fourth-order valence-corrected chi connectivity index (χ4v) is 6.53. The van der Waals surface area contributed by atoms with Crippen LogP contribution < -0.4 is 0 Å². The first kappa shape index (κ1) is 54.6. The molecule has 0 saturated carbocycles. The molecule has 0 heterocycles. The van der Waals surface area contributed by atoms with Gasteiger partial charge in [-0.15, -0.1) is 0 Å². The molecule has 0 rings (SSSR count). The average molecular weight is 825 g/mol. The molecule has 0 spiro atoms. The zero-order valence-electron chi connectivity index (χ0n) is 36.8. The molecule has 11 heteroatoms. The van der Waals surface area contributed by atoms with Crippen LogP contribution in [0.2, 0.25) is 0 Å². The SMILES string of the molecule is CCCCCCCCCCCCCCCCCC(=O)OC[C@H](COP(=O)(O)OCC[N+](C)(C)C)OC(=O)CCC/C=C\C/C=C\C/C=C\C=C\C(=O)CCCCC. The summed E-state index contributed by atoms with van der Waals surface area (Å²) in [7, 11) is 1.40. The zero-order valence-corrected chi connectivity index (χ0v) is 37.7. The summed E-state index contributed by atoms with van der Waals surface area (Å²) < 4.78 is 34.2. The summed E-state index contributed by atoms with van der Waals surface area (Å²) in [5.41, 5.74) is 0. The number of ketones is 1. The normalized spacial score (nSPS) is 13.9. The van der Waals surface area contributed by atoms with E-state index in [9.17, 15) is 23.8 Å². The number of phosphoric ester groups is 1. The lowest BCUT2D eigenvalue weighted by Crippen LogP contribution is -2.37. The number of rotatable bonds is 40. The van der Waals surface area contributed by atoms with Gasteiger partial charge in [0, 0.05) is 19.3 Å². The Kier molecular flexibility index (Phi) is 36.3. The standard InChI is InChI=1S/C46H82NO9P/c1-6-8-10-11-12-13-14-15-16-17-20-23-26-29-33-37-45(49)53-41-44(42-55-57(51,52)54-40-39-47(3,4)5)56-46(50)38-34-30-27-24-21-18-19-22-25-28-32-36-43(48)35-31-9-7-2/h18-19,24-25,27-28,32,36,44H,6-17,20-23,26,29-31,33-35,37-42H2,1-5H3/p+1/b19-18-,27-24-,28-25-,36-32+/t44-/m1/s1. The van der Waals surface area contributed by atoms with E-state index >= 15 is 0 Å². The van der Waals surface area contributed by atoms with Crippen molar-refractivity contribution in [1.29, 1.82) is 0 Å². The average Bonchev–Trinajstić information content (AvgIpc) is 3.15. The molecule has 0 radical (unpaired) electrons. The number of hydrogen-bond acceptors (Lipinski definition) is 8. The Labute approximate surface area is 348 Å². The molecule has 0 saturated heterocycles. The maximum Gasteiger partial charge on any atom is 0.472 e. The molecule has 0 aromatic heterocycles. The molecule has 0 amide bonds. The largest absolute Gasteiger partial charge is 0.472 e. The van der Waals surface area contributed by atoms with Crippen molar-refractivity contribution in [2.24, 2.45) is 0 Å². The van der Waals surface area contributed by atoms with Crippen molar-refractivity contribution in [3.8, 4) is 0 Å². The minimum atomic E-state index is -4.40. The van der Waals surface area contributed by atoms with Gasteiger partial charge < -0.3 is 18.9 Å². The second kappa shape index (κ2) is 37.9. The molecule has 0 aliphatic rings. The molecule has 1 N–H and O–H groups in total. The fourth-order valence-electron chi connectivity index (χ4n) is 5.78. The third-order valence-electron chi connectivity index (χ3n) is 9.34. The Morgan fingerprint density at radius 1 is 0.596 bits per heavy atom. The predicted octanol–water partition coefficient (Wildman–Crippen LogP) is 11.9. The highest BCUT2D eigenvalue weighted by Gasteiger charge is 2.27. The third kappa shape index (κ3) is 41.6. The first-order valence-corrected chi connectivity index (χ1v) is 23.8. The molecule has 0 aromatic rings. The van der Waals surface area contributed by atoms with E-state index in [2.05, 4.69) is 26.0 Å². The van der Waals surface area contributed by atoms with Crippen LogP contribution in [0, 0.1) is 0 Å². The minimum Gasteiger partial charge on any atom is -0.462 e. The lowest BCUT2D eigenvalue weighted by atomic mass is 10.0. The van der Waals surface area contributed by atoms with Gasteiger partial charge in [-0.25, -0.2) is 4.57 Å². The van der Waals surface area contributed by atoms with Gasteiger partial charge in [0.25, 0.3) is 0 Å². The van der Waals surface area contributed by atoms with Gasteiger partial charge in [0.2, 0.25) is 0 Å². The number of carbonyl (C=O) groups is 3. The topological polar surface area (TPSA) is 125 Å². The van der Waals surface area contributed by atoms with Crippen molar-refractivity contribution in [2.45, 2.75) is 180 Å². The number of allylic oxidation sites excluding steroid dienone is 8. The van der Waals surface area contributed by atoms with Crippen LogP contribution in [0.25, 0.3) is 0 Å². The zero-order chi connectivity index (χ0) is 42.3. The number of ether oxygens (including phenoxy) is 2. The summed E-state index contributed by atoms with van der Waals surface area (Å²) in [6.45, 7) is 4.18. The van der Waals surface area contributed by atoms with E-state index in [1.807, 2.05) is 45.4 Å². The number of esters is 2. The van der Waals surface area contributed by atoms with Gasteiger partial charge in [0.15, 0.2) is 11.9 Å². The van der Waals surface area contributed by atoms with Crippen LogP contribution in [0.1, 0.15) is 174 Å². The quantitative estimate of drug-likeness (QED) is 0.0122. The lowest BCUT2D eigenvalue weighted by molar-refractivity contribution is -0.870. The molecule has 330 valence electrons. The van der Waals surface area contributed by atoms with Gasteiger partial charge in [0.1, 0.15) is 19.8 Å². The van der Waals surface area contributed by atoms with Crippen LogP contribution in [0.3, 0.4) is 0 Å². The van der Waals surface area contributed by atoms with E-state index in [4.69, 9.17) is 18.5 Å². The van der Waals surface area contributed by atoms with Crippen molar-refractivity contribution < 1.29 is 46.8 Å². The molecular weight excluding hydrogens is 741 g/mol. The van der Waals surface area contributed by atoms with E-state index in [1.165, 1.54) is 77.0 Å². The Hall–Kier alpha value is -2.36. The van der Waals surface area contributed by atoms with Crippen LogP contribution in [-0.2, 0) is 37.5 Å².